The van der Waals surface area contributed by atoms with Crippen LogP contribution in [-0.4, -0.2) is 42.2 Å². The first kappa shape index (κ1) is 14.0. The van der Waals surface area contributed by atoms with Gasteiger partial charge in [-0.1, -0.05) is 12.1 Å². The second-order valence-corrected chi connectivity index (χ2v) is 4.89. The van der Waals surface area contributed by atoms with Crippen LogP contribution in [0.5, 0.6) is 0 Å². The van der Waals surface area contributed by atoms with Gasteiger partial charge in [0.05, 0.1) is 0 Å². The van der Waals surface area contributed by atoms with E-state index in [1.54, 1.807) is 19.1 Å². The molecule has 0 saturated carbocycles. The zero-order valence-electron chi connectivity index (χ0n) is 11.0. The van der Waals surface area contributed by atoms with Crippen LogP contribution in [0, 0.1) is 12.7 Å². The minimum atomic E-state index is -0.926. The van der Waals surface area contributed by atoms with Crippen LogP contribution in [0.3, 0.4) is 0 Å². The number of carboxylic acid groups (broad SMARTS) is 1. The van der Waals surface area contributed by atoms with Crippen molar-refractivity contribution in [2.45, 2.75) is 19.4 Å². The lowest BCUT2D eigenvalue weighted by Crippen LogP contribution is -2.36. The average Bonchev–Trinajstić information content (AvgIpc) is 2.62. The molecule has 0 amide bonds. The molecule has 1 unspecified atom stereocenters. The van der Waals surface area contributed by atoms with Crippen LogP contribution in [0.15, 0.2) is 18.2 Å². The summed E-state index contributed by atoms with van der Waals surface area (Å²) < 4.78 is 13.6. The highest BCUT2D eigenvalue weighted by molar-refractivity contribution is 5.75. The Hall–Kier alpha value is -1.46. The molecule has 1 saturated heterocycles. The zero-order chi connectivity index (χ0) is 13.8. The number of aliphatic carboxylic acids is 1. The third-order valence-electron chi connectivity index (χ3n) is 3.49. The maximum atomic E-state index is 13.6. The van der Waals surface area contributed by atoms with Crippen molar-refractivity contribution >= 4 is 5.97 Å². The second kappa shape index (κ2) is 6.12. The van der Waals surface area contributed by atoms with Crippen molar-refractivity contribution in [3.63, 3.8) is 0 Å². The fourth-order valence-electron chi connectivity index (χ4n) is 2.41. The summed E-state index contributed by atoms with van der Waals surface area (Å²) in [7, 11) is 0. The minimum Gasteiger partial charge on any atom is -0.480 e. The summed E-state index contributed by atoms with van der Waals surface area (Å²) in [5.41, 5.74) is 1.04. The Bertz CT molecular complexity index is 457. The van der Waals surface area contributed by atoms with Crippen molar-refractivity contribution in [1.29, 1.82) is 0 Å². The number of carboxylic acids is 1. The number of hydrogen-bond donors (Lipinski definition) is 2. The number of benzene rings is 1. The molecule has 0 spiro atoms. The molecule has 1 aromatic carbocycles. The lowest BCUT2D eigenvalue weighted by Gasteiger charge is -2.27. The predicted molar refractivity (Wildman–Crippen MR) is 70.6 cm³/mol. The molecule has 1 aromatic rings. The van der Waals surface area contributed by atoms with E-state index in [2.05, 4.69) is 5.32 Å². The lowest BCUT2D eigenvalue weighted by atomic mass is 10.0. The van der Waals surface area contributed by atoms with Gasteiger partial charge in [0.1, 0.15) is 11.9 Å². The summed E-state index contributed by atoms with van der Waals surface area (Å²) in [5, 5.41) is 12.7. The molecule has 1 atom stereocenters. The molecule has 0 bridgehead atoms. The van der Waals surface area contributed by atoms with Crippen molar-refractivity contribution in [2.75, 3.05) is 26.2 Å². The number of halogens is 1. The van der Waals surface area contributed by atoms with Crippen molar-refractivity contribution in [1.82, 2.24) is 10.2 Å². The van der Waals surface area contributed by atoms with Gasteiger partial charge in [0, 0.05) is 19.6 Å². The topological polar surface area (TPSA) is 52.6 Å². The minimum absolute atomic E-state index is 0.350. The highest BCUT2D eigenvalue weighted by atomic mass is 19.1. The van der Waals surface area contributed by atoms with Gasteiger partial charge in [0.2, 0.25) is 0 Å². The molecule has 19 heavy (non-hydrogen) atoms. The fraction of sp³-hybridized carbons (Fsp3) is 0.500. The number of rotatable bonds is 3. The molecule has 1 aliphatic heterocycles. The molecule has 0 aliphatic carbocycles. The molecule has 104 valence electrons. The maximum absolute atomic E-state index is 13.6. The van der Waals surface area contributed by atoms with E-state index in [4.69, 9.17) is 0 Å². The largest absolute Gasteiger partial charge is 0.480 e. The average molecular weight is 266 g/mol. The van der Waals surface area contributed by atoms with Gasteiger partial charge in [-0.3, -0.25) is 9.69 Å². The Morgan fingerprint density at radius 1 is 1.42 bits per heavy atom. The molecule has 0 radical (unpaired) electrons. The third-order valence-corrected chi connectivity index (χ3v) is 3.49. The van der Waals surface area contributed by atoms with Crippen molar-refractivity contribution < 1.29 is 14.3 Å². The Kier molecular flexibility index (Phi) is 4.50. The van der Waals surface area contributed by atoms with Crippen LogP contribution >= 0.6 is 0 Å². The molecule has 1 aliphatic rings. The first-order valence-electron chi connectivity index (χ1n) is 6.53. The standard InChI is InChI=1S/C14H19FN2O2/c1-10-3-4-11(9-12(10)15)13(14(18)19)17-7-2-5-16-6-8-17/h3-4,9,13,16H,2,5-8H2,1H3,(H,18,19). The molecular weight excluding hydrogens is 247 g/mol. The van der Waals surface area contributed by atoms with Gasteiger partial charge >= 0.3 is 5.97 Å². The lowest BCUT2D eigenvalue weighted by molar-refractivity contribution is -0.143. The third kappa shape index (κ3) is 3.30. The first-order chi connectivity index (χ1) is 9.09. The van der Waals surface area contributed by atoms with Crippen LogP contribution < -0.4 is 5.32 Å². The van der Waals surface area contributed by atoms with E-state index >= 15 is 0 Å². The Morgan fingerprint density at radius 2 is 2.21 bits per heavy atom. The van der Waals surface area contributed by atoms with E-state index in [1.165, 1.54) is 6.07 Å². The molecule has 1 fully saturated rings. The summed E-state index contributed by atoms with van der Waals surface area (Å²) >= 11 is 0. The number of aryl methyl sites for hydroxylation is 1. The van der Waals surface area contributed by atoms with Crippen molar-refractivity contribution in [3.8, 4) is 0 Å². The van der Waals surface area contributed by atoms with Gasteiger partial charge in [-0.2, -0.15) is 0 Å². The van der Waals surface area contributed by atoms with Gasteiger partial charge < -0.3 is 10.4 Å². The summed E-state index contributed by atoms with van der Waals surface area (Å²) in [6, 6.07) is 3.91. The van der Waals surface area contributed by atoms with Gasteiger partial charge in [-0.15, -0.1) is 0 Å². The molecule has 4 nitrogen and oxygen atoms in total. The maximum Gasteiger partial charge on any atom is 0.325 e. The van der Waals surface area contributed by atoms with E-state index in [9.17, 15) is 14.3 Å². The highest BCUT2D eigenvalue weighted by Crippen LogP contribution is 2.23. The molecular formula is C14H19FN2O2. The van der Waals surface area contributed by atoms with Gasteiger partial charge in [0.15, 0.2) is 0 Å². The Balaban J connectivity index is 2.27. The van der Waals surface area contributed by atoms with E-state index < -0.39 is 12.0 Å². The van der Waals surface area contributed by atoms with Gasteiger partial charge in [-0.05, 0) is 37.1 Å². The van der Waals surface area contributed by atoms with Crippen LogP contribution in [-0.2, 0) is 4.79 Å². The van der Waals surface area contributed by atoms with E-state index in [0.29, 0.717) is 24.2 Å². The SMILES string of the molecule is Cc1ccc(C(C(=O)O)N2CCCNCC2)cc1F. The summed E-state index contributed by atoms with van der Waals surface area (Å²) in [6.07, 6.45) is 0.901. The molecule has 5 heteroatoms. The van der Waals surface area contributed by atoms with Gasteiger partial charge in [0.25, 0.3) is 0 Å². The van der Waals surface area contributed by atoms with Gasteiger partial charge in [-0.25, -0.2) is 4.39 Å². The highest BCUT2D eigenvalue weighted by Gasteiger charge is 2.28. The number of nitrogens with one attached hydrogen (secondary N) is 1. The van der Waals surface area contributed by atoms with Crippen LogP contribution in [0.1, 0.15) is 23.6 Å². The quantitative estimate of drug-likeness (QED) is 0.871. The van der Waals surface area contributed by atoms with Crippen LogP contribution in [0.25, 0.3) is 0 Å². The van der Waals surface area contributed by atoms with E-state index in [-0.39, 0.29) is 5.82 Å². The van der Waals surface area contributed by atoms with E-state index in [0.717, 1.165) is 19.5 Å². The number of hydrogen-bond acceptors (Lipinski definition) is 3. The second-order valence-electron chi connectivity index (χ2n) is 4.89. The molecule has 1 heterocycles. The normalized spacial score (nSPS) is 18.8. The number of carbonyl (C=O) groups is 1. The first-order valence-corrected chi connectivity index (χ1v) is 6.53. The van der Waals surface area contributed by atoms with Crippen LogP contribution in [0.4, 0.5) is 4.39 Å². The van der Waals surface area contributed by atoms with Crippen LogP contribution in [0.2, 0.25) is 0 Å². The molecule has 2 N–H and O–H groups in total. The Morgan fingerprint density at radius 3 is 2.89 bits per heavy atom. The predicted octanol–water partition coefficient (Wildman–Crippen LogP) is 1.56. The summed E-state index contributed by atoms with van der Waals surface area (Å²) in [6.45, 7) is 4.69. The fourth-order valence-corrected chi connectivity index (χ4v) is 2.41. The summed E-state index contributed by atoms with van der Waals surface area (Å²) in [5.74, 6) is -1.28. The van der Waals surface area contributed by atoms with E-state index in [1.807, 2.05) is 4.90 Å². The smallest absolute Gasteiger partial charge is 0.325 e. The summed E-state index contributed by atoms with van der Waals surface area (Å²) in [4.78, 5) is 13.4. The molecule has 2 rings (SSSR count). The van der Waals surface area contributed by atoms with Crippen molar-refractivity contribution in [2.24, 2.45) is 0 Å². The Labute approximate surface area is 112 Å². The molecule has 0 aromatic heterocycles. The monoisotopic (exact) mass is 266 g/mol. The zero-order valence-corrected chi connectivity index (χ0v) is 11.0. The number of nitrogens with zero attached hydrogens (tertiary/aromatic N) is 1. The van der Waals surface area contributed by atoms with Crippen molar-refractivity contribution in [3.05, 3.63) is 35.1 Å².